The minimum atomic E-state index is 0.385. The van der Waals surface area contributed by atoms with Crippen LogP contribution in [0, 0.1) is 0 Å². The van der Waals surface area contributed by atoms with E-state index in [4.69, 9.17) is 16.3 Å². The van der Waals surface area contributed by atoms with E-state index in [-0.39, 0.29) is 0 Å². The molecule has 1 heterocycles. The van der Waals surface area contributed by atoms with Crippen LogP contribution in [0.5, 0.6) is 5.75 Å². The van der Waals surface area contributed by atoms with Crippen molar-refractivity contribution >= 4 is 11.6 Å². The largest absolute Gasteiger partial charge is 0.486 e. The lowest BCUT2D eigenvalue weighted by molar-refractivity contribution is 0.286. The van der Waals surface area contributed by atoms with Gasteiger partial charge in [0.2, 0.25) is 0 Å². The summed E-state index contributed by atoms with van der Waals surface area (Å²) < 4.78 is 7.74. The average molecular weight is 251 g/mol. The van der Waals surface area contributed by atoms with Gasteiger partial charge in [-0.05, 0) is 32.0 Å². The molecule has 0 amide bonds. The first-order valence-electron chi connectivity index (χ1n) is 5.57. The minimum absolute atomic E-state index is 0.385. The molecule has 1 aromatic carbocycles. The van der Waals surface area contributed by atoms with Gasteiger partial charge in [-0.2, -0.15) is 0 Å². The summed E-state index contributed by atoms with van der Waals surface area (Å²) in [7, 11) is 0. The molecule has 0 spiro atoms. The number of halogens is 1. The fourth-order valence-corrected chi connectivity index (χ4v) is 1.81. The Morgan fingerprint density at radius 1 is 1.41 bits per heavy atom. The number of nitrogens with zero attached hydrogens (tertiary/aromatic N) is 2. The summed E-state index contributed by atoms with van der Waals surface area (Å²) in [5.74, 6) is 1.68. The molecular formula is C13H15ClN2O. The summed E-state index contributed by atoms with van der Waals surface area (Å²) in [4.78, 5) is 4.28. The number of ether oxygens (including phenoxy) is 1. The van der Waals surface area contributed by atoms with Gasteiger partial charge in [0, 0.05) is 23.5 Å². The maximum absolute atomic E-state index is 5.89. The van der Waals surface area contributed by atoms with Crippen molar-refractivity contribution in [2.75, 3.05) is 0 Å². The Labute approximate surface area is 106 Å². The molecule has 0 aliphatic heterocycles. The number of aromatic nitrogens is 2. The van der Waals surface area contributed by atoms with Gasteiger partial charge in [-0.1, -0.05) is 17.7 Å². The normalized spacial score (nSPS) is 10.8. The van der Waals surface area contributed by atoms with E-state index < -0.39 is 0 Å². The molecule has 0 unspecified atom stereocenters. The van der Waals surface area contributed by atoms with Crippen LogP contribution in [0.1, 0.15) is 25.7 Å². The third-order valence-electron chi connectivity index (χ3n) is 2.47. The topological polar surface area (TPSA) is 27.1 Å². The fourth-order valence-electron chi connectivity index (χ4n) is 1.63. The maximum atomic E-state index is 5.89. The molecule has 0 atom stereocenters. The smallest absolute Gasteiger partial charge is 0.146 e. The highest BCUT2D eigenvalue weighted by atomic mass is 35.5. The first-order valence-corrected chi connectivity index (χ1v) is 5.94. The van der Waals surface area contributed by atoms with Crippen molar-refractivity contribution < 1.29 is 4.74 Å². The third-order valence-corrected chi connectivity index (χ3v) is 2.70. The molecule has 0 aliphatic rings. The van der Waals surface area contributed by atoms with Crippen molar-refractivity contribution in [1.82, 2.24) is 9.55 Å². The van der Waals surface area contributed by atoms with Gasteiger partial charge in [-0.3, -0.25) is 0 Å². The van der Waals surface area contributed by atoms with Gasteiger partial charge in [0.15, 0.2) is 0 Å². The number of hydrogen-bond donors (Lipinski definition) is 0. The third kappa shape index (κ3) is 3.01. The van der Waals surface area contributed by atoms with E-state index in [9.17, 15) is 0 Å². The van der Waals surface area contributed by atoms with Gasteiger partial charge in [0.1, 0.15) is 18.2 Å². The zero-order chi connectivity index (χ0) is 12.3. The van der Waals surface area contributed by atoms with Crippen LogP contribution in [0.2, 0.25) is 5.02 Å². The molecule has 17 heavy (non-hydrogen) atoms. The predicted octanol–water partition coefficient (Wildman–Crippen LogP) is 3.70. The van der Waals surface area contributed by atoms with Gasteiger partial charge < -0.3 is 9.30 Å². The summed E-state index contributed by atoms with van der Waals surface area (Å²) >= 11 is 5.89. The Morgan fingerprint density at radius 2 is 2.24 bits per heavy atom. The van der Waals surface area contributed by atoms with Crippen LogP contribution in [0.15, 0.2) is 36.7 Å². The highest BCUT2D eigenvalue weighted by Crippen LogP contribution is 2.18. The SMILES string of the molecule is CC(C)n1ccnc1COc1cccc(Cl)c1. The van der Waals surface area contributed by atoms with Crippen LogP contribution in [0.3, 0.4) is 0 Å². The van der Waals surface area contributed by atoms with E-state index in [0.717, 1.165) is 11.6 Å². The van der Waals surface area contributed by atoms with Crippen molar-refractivity contribution in [2.24, 2.45) is 0 Å². The Kier molecular flexibility index (Phi) is 3.69. The molecule has 0 N–H and O–H groups in total. The molecule has 90 valence electrons. The minimum Gasteiger partial charge on any atom is -0.486 e. The van der Waals surface area contributed by atoms with Gasteiger partial charge in [-0.15, -0.1) is 0 Å². The van der Waals surface area contributed by atoms with Crippen molar-refractivity contribution in [3.8, 4) is 5.75 Å². The van der Waals surface area contributed by atoms with E-state index in [0.29, 0.717) is 17.7 Å². The highest BCUT2D eigenvalue weighted by Gasteiger charge is 2.06. The van der Waals surface area contributed by atoms with Crippen molar-refractivity contribution in [2.45, 2.75) is 26.5 Å². The predicted molar refractivity (Wildman–Crippen MR) is 68.4 cm³/mol. The molecule has 0 radical (unpaired) electrons. The lowest BCUT2D eigenvalue weighted by Gasteiger charge is -2.12. The second-order valence-corrected chi connectivity index (χ2v) is 4.53. The van der Waals surface area contributed by atoms with Crippen molar-refractivity contribution in [3.63, 3.8) is 0 Å². The van der Waals surface area contributed by atoms with Gasteiger partial charge in [-0.25, -0.2) is 4.98 Å². The Morgan fingerprint density at radius 3 is 2.94 bits per heavy atom. The molecule has 0 fully saturated rings. The molecule has 0 bridgehead atoms. The first kappa shape index (κ1) is 12.0. The zero-order valence-corrected chi connectivity index (χ0v) is 10.7. The summed E-state index contributed by atoms with van der Waals surface area (Å²) in [6.45, 7) is 4.68. The van der Waals surface area contributed by atoms with Crippen LogP contribution in [0.4, 0.5) is 0 Å². The second-order valence-electron chi connectivity index (χ2n) is 4.09. The highest BCUT2D eigenvalue weighted by molar-refractivity contribution is 6.30. The lowest BCUT2D eigenvalue weighted by Crippen LogP contribution is -2.08. The summed E-state index contributed by atoms with van der Waals surface area (Å²) in [5, 5.41) is 0.676. The maximum Gasteiger partial charge on any atom is 0.146 e. The van der Waals surface area contributed by atoms with Gasteiger partial charge in [0.25, 0.3) is 0 Å². The van der Waals surface area contributed by atoms with Crippen molar-refractivity contribution in [3.05, 3.63) is 47.5 Å². The van der Waals surface area contributed by atoms with Crippen LogP contribution in [-0.4, -0.2) is 9.55 Å². The summed E-state index contributed by atoms with van der Waals surface area (Å²) in [6, 6.07) is 7.75. The monoisotopic (exact) mass is 250 g/mol. The average Bonchev–Trinajstić information content (AvgIpc) is 2.74. The summed E-state index contributed by atoms with van der Waals surface area (Å²) in [5.41, 5.74) is 0. The molecule has 2 rings (SSSR count). The van der Waals surface area contributed by atoms with Crippen LogP contribution >= 0.6 is 11.6 Å². The lowest BCUT2D eigenvalue weighted by atomic mass is 10.3. The quantitative estimate of drug-likeness (QED) is 0.827. The van der Waals surface area contributed by atoms with E-state index in [2.05, 4.69) is 23.4 Å². The number of hydrogen-bond acceptors (Lipinski definition) is 2. The molecule has 2 aromatic rings. The Hall–Kier alpha value is -1.48. The van der Waals surface area contributed by atoms with E-state index >= 15 is 0 Å². The van der Waals surface area contributed by atoms with E-state index in [1.54, 1.807) is 12.3 Å². The molecule has 1 aromatic heterocycles. The Balaban J connectivity index is 2.05. The second kappa shape index (κ2) is 5.23. The zero-order valence-electron chi connectivity index (χ0n) is 9.93. The molecule has 3 nitrogen and oxygen atoms in total. The van der Waals surface area contributed by atoms with E-state index in [1.165, 1.54) is 0 Å². The van der Waals surface area contributed by atoms with Crippen LogP contribution in [-0.2, 0) is 6.61 Å². The van der Waals surface area contributed by atoms with Crippen LogP contribution in [0.25, 0.3) is 0 Å². The van der Waals surface area contributed by atoms with Crippen LogP contribution < -0.4 is 4.74 Å². The van der Waals surface area contributed by atoms with Gasteiger partial charge >= 0.3 is 0 Å². The Bertz CT molecular complexity index is 494. The van der Waals surface area contributed by atoms with Crippen molar-refractivity contribution in [1.29, 1.82) is 0 Å². The fraction of sp³-hybridized carbons (Fsp3) is 0.308. The van der Waals surface area contributed by atoms with Gasteiger partial charge in [0.05, 0.1) is 0 Å². The molecule has 0 saturated carbocycles. The molecule has 0 saturated heterocycles. The first-order chi connectivity index (χ1) is 8.16. The molecule has 0 aliphatic carbocycles. The summed E-state index contributed by atoms with van der Waals surface area (Å²) in [6.07, 6.45) is 3.75. The van der Waals surface area contributed by atoms with E-state index in [1.807, 2.05) is 24.4 Å². The number of imidazole rings is 1. The number of benzene rings is 1. The number of rotatable bonds is 4. The molecular weight excluding hydrogens is 236 g/mol. The molecule has 4 heteroatoms. The standard InChI is InChI=1S/C13H15ClN2O/c1-10(2)16-7-6-15-13(16)9-17-12-5-3-4-11(14)8-12/h3-8,10H,9H2,1-2H3.